The fourth-order valence-electron chi connectivity index (χ4n) is 3.20. The molecule has 1 fully saturated rings. The number of alkyl carbamates (subject to hydrolysis) is 1. The zero-order valence-electron chi connectivity index (χ0n) is 16.8. The van der Waals surface area contributed by atoms with E-state index in [4.69, 9.17) is 9.15 Å². The van der Waals surface area contributed by atoms with Crippen molar-refractivity contribution in [3.63, 3.8) is 0 Å². The van der Waals surface area contributed by atoms with Gasteiger partial charge in [-0.1, -0.05) is 23.8 Å². The van der Waals surface area contributed by atoms with Crippen molar-refractivity contribution >= 4 is 29.4 Å². The molecule has 1 aliphatic rings. The van der Waals surface area contributed by atoms with Crippen molar-refractivity contribution in [2.75, 3.05) is 0 Å². The summed E-state index contributed by atoms with van der Waals surface area (Å²) in [6, 6.07) is 12.2. The molecule has 7 heteroatoms. The molecule has 1 aliphatic heterocycles. The van der Waals surface area contributed by atoms with Gasteiger partial charge in [0.05, 0.1) is 5.69 Å². The number of nitrogens with one attached hydrogen (secondary N) is 1. The number of oxazole rings is 1. The fourth-order valence-corrected chi connectivity index (χ4v) is 4.16. The second kappa shape index (κ2) is 8.67. The lowest BCUT2D eigenvalue weighted by atomic mass is 10.1. The number of carbonyl (C=O) groups excluding carboxylic acids is 2. The number of cyclic esters (lactones) is 1. The van der Waals surface area contributed by atoms with E-state index in [0.29, 0.717) is 25.2 Å². The van der Waals surface area contributed by atoms with Gasteiger partial charge in [-0.2, -0.15) is 0 Å². The predicted molar refractivity (Wildman–Crippen MR) is 115 cm³/mol. The third kappa shape index (κ3) is 4.68. The summed E-state index contributed by atoms with van der Waals surface area (Å²) in [5, 5.41) is 2.15. The Bertz CT molecular complexity index is 1090. The van der Waals surface area contributed by atoms with Crippen LogP contribution in [0.25, 0.3) is 17.5 Å². The van der Waals surface area contributed by atoms with Crippen molar-refractivity contribution in [1.82, 2.24) is 10.3 Å². The first-order chi connectivity index (χ1) is 14.5. The summed E-state index contributed by atoms with van der Waals surface area (Å²) in [6.07, 6.45) is 4.66. The zero-order valence-corrected chi connectivity index (χ0v) is 17.6. The van der Waals surface area contributed by atoms with Gasteiger partial charge in [0.15, 0.2) is 6.10 Å². The van der Waals surface area contributed by atoms with Crippen LogP contribution in [0.5, 0.6) is 0 Å². The van der Waals surface area contributed by atoms with Gasteiger partial charge in [-0.15, -0.1) is 11.3 Å². The number of aryl methyl sites for hydroxylation is 3. The van der Waals surface area contributed by atoms with Gasteiger partial charge in [-0.3, -0.25) is 10.1 Å². The van der Waals surface area contributed by atoms with Crippen LogP contribution < -0.4 is 5.32 Å². The maximum absolute atomic E-state index is 11.5. The second-order valence-corrected chi connectivity index (χ2v) is 8.42. The highest BCUT2D eigenvalue weighted by atomic mass is 32.1. The molecule has 2 amide bonds. The molecule has 1 atom stereocenters. The standard InChI is InChI=1S/C23H22N2O4S/c1-14-6-8-16(9-7-14)22-24-19(15(2)28-22)5-3-4-17-10-11-18(30-17)12-13-20-21(26)25-23(27)29-20/h3-4,6-11,20H,5,12-13H2,1-2H3,(H,25,26,27). The molecule has 0 aliphatic carbocycles. The molecule has 6 nitrogen and oxygen atoms in total. The van der Waals surface area contributed by atoms with Crippen LogP contribution in [0.3, 0.4) is 0 Å². The number of rotatable bonds is 7. The molecule has 1 aromatic carbocycles. The molecule has 0 spiro atoms. The van der Waals surface area contributed by atoms with Crippen molar-refractivity contribution in [3.8, 4) is 11.5 Å². The topological polar surface area (TPSA) is 81.4 Å². The van der Waals surface area contributed by atoms with E-state index in [9.17, 15) is 9.59 Å². The molecule has 0 radical (unpaired) electrons. The van der Waals surface area contributed by atoms with Crippen molar-refractivity contribution in [1.29, 1.82) is 0 Å². The number of imide groups is 1. The Labute approximate surface area is 178 Å². The number of ether oxygens (including phenoxy) is 1. The lowest BCUT2D eigenvalue weighted by Crippen LogP contribution is -2.24. The van der Waals surface area contributed by atoms with Crippen molar-refractivity contribution < 1.29 is 18.7 Å². The van der Waals surface area contributed by atoms with E-state index in [1.807, 2.05) is 43.3 Å². The summed E-state index contributed by atoms with van der Waals surface area (Å²) in [7, 11) is 0. The van der Waals surface area contributed by atoms with Crippen molar-refractivity contribution in [2.24, 2.45) is 0 Å². The average molecular weight is 423 g/mol. The van der Waals surface area contributed by atoms with E-state index in [-0.39, 0.29) is 5.91 Å². The molecule has 2 aromatic heterocycles. The van der Waals surface area contributed by atoms with Gasteiger partial charge < -0.3 is 9.15 Å². The first-order valence-corrected chi connectivity index (χ1v) is 10.6. The van der Waals surface area contributed by atoms with E-state index in [1.165, 1.54) is 5.56 Å². The lowest BCUT2D eigenvalue weighted by molar-refractivity contribution is -0.123. The number of carbonyl (C=O) groups is 2. The van der Waals surface area contributed by atoms with Gasteiger partial charge in [0.2, 0.25) is 5.89 Å². The van der Waals surface area contributed by atoms with Crippen LogP contribution in [0.2, 0.25) is 0 Å². The molecule has 0 bridgehead atoms. The molecule has 1 N–H and O–H groups in total. The summed E-state index contributed by atoms with van der Waals surface area (Å²) >= 11 is 1.66. The van der Waals surface area contributed by atoms with Gasteiger partial charge in [0.1, 0.15) is 5.76 Å². The van der Waals surface area contributed by atoms with E-state index < -0.39 is 12.2 Å². The fraction of sp³-hybridized carbons (Fsp3) is 0.261. The number of benzene rings is 1. The Morgan fingerprint density at radius 3 is 2.67 bits per heavy atom. The van der Waals surface area contributed by atoms with Crippen LogP contribution in [0, 0.1) is 13.8 Å². The molecule has 154 valence electrons. The SMILES string of the molecule is Cc1ccc(-c2nc(CC=Cc3ccc(CCC4OC(=O)NC4=O)s3)c(C)o2)cc1. The highest BCUT2D eigenvalue weighted by Crippen LogP contribution is 2.24. The van der Waals surface area contributed by atoms with Gasteiger partial charge in [-0.25, -0.2) is 9.78 Å². The number of allylic oxidation sites excluding steroid dienone is 1. The Balaban J connectivity index is 1.33. The van der Waals surface area contributed by atoms with Crippen LogP contribution in [0.1, 0.15) is 33.2 Å². The molecular formula is C23H22N2O4S. The zero-order chi connectivity index (χ0) is 21.1. The highest BCUT2D eigenvalue weighted by molar-refractivity contribution is 7.12. The van der Waals surface area contributed by atoms with E-state index >= 15 is 0 Å². The number of nitrogens with zero attached hydrogens (tertiary/aromatic N) is 1. The molecular weight excluding hydrogens is 400 g/mol. The minimum atomic E-state index is -0.684. The van der Waals surface area contributed by atoms with Crippen molar-refractivity contribution in [2.45, 2.75) is 39.2 Å². The van der Waals surface area contributed by atoms with Gasteiger partial charge >= 0.3 is 6.09 Å². The van der Waals surface area contributed by atoms with Crippen LogP contribution in [-0.2, 0) is 22.4 Å². The number of hydrogen-bond donors (Lipinski definition) is 1. The summed E-state index contributed by atoms with van der Waals surface area (Å²) in [6.45, 7) is 3.99. The molecule has 30 heavy (non-hydrogen) atoms. The summed E-state index contributed by atoms with van der Waals surface area (Å²) in [4.78, 5) is 29.5. The molecule has 1 saturated heterocycles. The molecule has 3 aromatic rings. The van der Waals surface area contributed by atoms with E-state index in [0.717, 1.165) is 26.8 Å². The Morgan fingerprint density at radius 2 is 1.93 bits per heavy atom. The van der Waals surface area contributed by atoms with Gasteiger partial charge in [-0.05, 0) is 57.0 Å². The summed E-state index contributed by atoms with van der Waals surface area (Å²) in [5.41, 5.74) is 3.10. The maximum Gasteiger partial charge on any atom is 0.414 e. The second-order valence-electron chi connectivity index (χ2n) is 7.22. The first kappa shape index (κ1) is 20.1. The van der Waals surface area contributed by atoms with E-state index in [1.54, 1.807) is 11.3 Å². The lowest BCUT2D eigenvalue weighted by Gasteiger charge is -2.03. The van der Waals surface area contributed by atoms with Gasteiger partial charge in [0.25, 0.3) is 5.91 Å². The Morgan fingerprint density at radius 1 is 1.13 bits per heavy atom. The van der Waals surface area contributed by atoms with Crippen LogP contribution in [-0.4, -0.2) is 23.1 Å². The minimum absolute atomic E-state index is 0.357. The number of thiophene rings is 1. The first-order valence-electron chi connectivity index (χ1n) is 9.78. The van der Waals surface area contributed by atoms with Crippen LogP contribution in [0.4, 0.5) is 4.79 Å². The van der Waals surface area contributed by atoms with E-state index in [2.05, 4.69) is 29.4 Å². The van der Waals surface area contributed by atoms with Crippen LogP contribution >= 0.6 is 11.3 Å². The summed E-state index contributed by atoms with van der Waals surface area (Å²) in [5.74, 6) is 1.11. The summed E-state index contributed by atoms with van der Waals surface area (Å²) < 4.78 is 10.8. The third-order valence-corrected chi connectivity index (χ3v) is 6.00. The van der Waals surface area contributed by atoms with Crippen molar-refractivity contribution in [3.05, 3.63) is 69.2 Å². The Kier molecular flexibility index (Phi) is 5.81. The normalized spacial score (nSPS) is 16.3. The average Bonchev–Trinajstić information content (AvgIpc) is 3.40. The molecule has 1 unspecified atom stereocenters. The minimum Gasteiger partial charge on any atom is -0.441 e. The molecule has 0 saturated carbocycles. The maximum atomic E-state index is 11.5. The van der Waals surface area contributed by atoms with Gasteiger partial charge in [0, 0.05) is 21.7 Å². The Hall–Kier alpha value is -3.19. The largest absolute Gasteiger partial charge is 0.441 e. The number of aromatic nitrogens is 1. The smallest absolute Gasteiger partial charge is 0.414 e. The number of amides is 2. The molecule has 3 heterocycles. The monoisotopic (exact) mass is 422 g/mol. The predicted octanol–water partition coefficient (Wildman–Crippen LogP) is 4.84. The number of hydrogen-bond acceptors (Lipinski definition) is 6. The highest BCUT2D eigenvalue weighted by Gasteiger charge is 2.31. The quantitative estimate of drug-likeness (QED) is 0.589. The van der Waals surface area contributed by atoms with Crippen LogP contribution in [0.15, 0.2) is 46.9 Å². The molecule has 4 rings (SSSR count). The third-order valence-electron chi connectivity index (χ3n) is 4.89.